The lowest BCUT2D eigenvalue weighted by molar-refractivity contribution is 0.302. The van der Waals surface area contributed by atoms with Crippen molar-refractivity contribution in [2.45, 2.75) is 13.8 Å². The van der Waals surface area contributed by atoms with Gasteiger partial charge >= 0.3 is 0 Å². The first-order chi connectivity index (χ1) is 15.1. The maximum absolute atomic E-state index is 12.9. The molecule has 2 heterocycles. The van der Waals surface area contributed by atoms with Crippen molar-refractivity contribution >= 4 is 22.9 Å². The van der Waals surface area contributed by atoms with E-state index in [1.54, 1.807) is 10.9 Å². The van der Waals surface area contributed by atoms with Gasteiger partial charge in [-0.25, -0.2) is 9.67 Å². The highest BCUT2D eigenvalue weighted by Crippen LogP contribution is 2.18. The monoisotopic (exact) mass is 416 g/mol. The summed E-state index contributed by atoms with van der Waals surface area (Å²) in [7, 11) is 0. The summed E-state index contributed by atoms with van der Waals surface area (Å²) in [5.74, 6) is 0. The number of anilines is 1. The average Bonchev–Trinajstić information content (AvgIpc) is 3.23. The third-order valence-corrected chi connectivity index (χ3v) is 5.16. The third kappa shape index (κ3) is 4.10. The number of aryl methyl sites for hydroxylation is 1. The summed E-state index contributed by atoms with van der Waals surface area (Å²) in [6.07, 6.45) is 4.58. The number of rotatable bonds is 7. The summed E-state index contributed by atoms with van der Waals surface area (Å²) in [6, 6.07) is 15.5. The van der Waals surface area contributed by atoms with Crippen LogP contribution in [0, 0.1) is 6.92 Å². The number of aromatic nitrogens is 4. The van der Waals surface area contributed by atoms with E-state index in [4.69, 9.17) is 0 Å². The molecule has 2 aromatic heterocycles. The van der Waals surface area contributed by atoms with Gasteiger partial charge in [0.2, 0.25) is 0 Å². The molecule has 0 spiro atoms. The molecule has 0 aliphatic heterocycles. The van der Waals surface area contributed by atoms with E-state index in [2.05, 4.69) is 33.1 Å². The molecular formula is C23H24N6O2. The van der Waals surface area contributed by atoms with E-state index in [0.29, 0.717) is 17.6 Å². The van der Waals surface area contributed by atoms with Crippen LogP contribution in [-0.4, -0.2) is 50.5 Å². The second-order valence-corrected chi connectivity index (χ2v) is 7.11. The zero-order valence-electron chi connectivity index (χ0n) is 17.5. The van der Waals surface area contributed by atoms with Gasteiger partial charge in [-0.2, -0.15) is 14.9 Å². The van der Waals surface area contributed by atoms with Gasteiger partial charge in [0.05, 0.1) is 24.7 Å². The largest absolute Gasteiger partial charge is 0.395 e. The highest BCUT2D eigenvalue weighted by molar-refractivity contribution is 5.83. The molecule has 0 fully saturated rings. The first-order valence-electron chi connectivity index (χ1n) is 10.1. The molecule has 0 amide bonds. The Balaban J connectivity index is 1.63. The predicted molar refractivity (Wildman–Crippen MR) is 122 cm³/mol. The molecule has 0 unspecified atom stereocenters. The first kappa shape index (κ1) is 20.5. The van der Waals surface area contributed by atoms with Crippen molar-refractivity contribution in [3.63, 3.8) is 0 Å². The molecule has 0 aliphatic rings. The summed E-state index contributed by atoms with van der Waals surface area (Å²) in [5.41, 5.74) is 4.01. The summed E-state index contributed by atoms with van der Waals surface area (Å²) in [6.45, 7) is 5.54. The minimum atomic E-state index is -0.280. The molecule has 4 aromatic rings. The van der Waals surface area contributed by atoms with Gasteiger partial charge in [-0.15, -0.1) is 0 Å². The van der Waals surface area contributed by atoms with Crippen LogP contribution in [-0.2, 0) is 0 Å². The van der Waals surface area contributed by atoms with E-state index in [1.807, 2.05) is 49.4 Å². The van der Waals surface area contributed by atoms with Gasteiger partial charge in [0, 0.05) is 18.8 Å². The molecule has 8 heteroatoms. The molecule has 158 valence electrons. The van der Waals surface area contributed by atoms with E-state index in [9.17, 15) is 9.90 Å². The molecule has 31 heavy (non-hydrogen) atoms. The Labute approximate surface area is 179 Å². The fourth-order valence-corrected chi connectivity index (χ4v) is 3.46. The van der Waals surface area contributed by atoms with Crippen molar-refractivity contribution in [2.24, 2.45) is 5.10 Å². The number of aliphatic hydroxyl groups excluding tert-OH is 1. The Morgan fingerprint density at radius 2 is 2.00 bits per heavy atom. The summed E-state index contributed by atoms with van der Waals surface area (Å²) in [5, 5.41) is 18.3. The number of fused-ring (bicyclic) bond motifs is 1. The maximum Gasteiger partial charge on any atom is 0.285 e. The van der Waals surface area contributed by atoms with E-state index >= 15 is 0 Å². The third-order valence-electron chi connectivity index (χ3n) is 5.16. The molecule has 0 saturated heterocycles. The molecule has 1 N–H and O–H groups in total. The Kier molecular flexibility index (Phi) is 5.90. The van der Waals surface area contributed by atoms with Gasteiger partial charge in [0.15, 0.2) is 5.65 Å². The van der Waals surface area contributed by atoms with Gasteiger partial charge in [-0.1, -0.05) is 24.3 Å². The number of aliphatic hydroxyl groups is 1. The number of likely N-dealkylation sites (N-methyl/N-ethyl adjacent to an activating group) is 1. The zero-order chi connectivity index (χ0) is 21.8. The standard InChI is InChI=1S/C23H24N6O2/c1-3-27(11-12-30)20-10-9-18(17(2)13-20)14-25-28-16-24-22-21(23(28)31)15-26-29(22)19-7-5-4-6-8-19/h4-10,13-16,30H,3,11-12H2,1-2H3/b25-14-. The fourth-order valence-electron chi connectivity index (χ4n) is 3.46. The van der Waals surface area contributed by atoms with Crippen LogP contribution in [0.5, 0.6) is 0 Å². The molecule has 0 bridgehead atoms. The maximum atomic E-state index is 12.9. The van der Waals surface area contributed by atoms with Crippen LogP contribution in [0.4, 0.5) is 5.69 Å². The van der Waals surface area contributed by atoms with Crippen molar-refractivity contribution in [2.75, 3.05) is 24.6 Å². The van der Waals surface area contributed by atoms with Crippen molar-refractivity contribution in [3.05, 3.63) is 82.5 Å². The lowest BCUT2D eigenvalue weighted by atomic mass is 10.1. The molecule has 4 rings (SSSR count). The number of para-hydroxylation sites is 1. The van der Waals surface area contributed by atoms with Crippen LogP contribution < -0.4 is 10.5 Å². The number of nitrogens with zero attached hydrogens (tertiary/aromatic N) is 6. The van der Waals surface area contributed by atoms with Crippen LogP contribution in [0.15, 0.2) is 71.0 Å². The smallest absolute Gasteiger partial charge is 0.285 e. The normalized spacial score (nSPS) is 11.5. The minimum Gasteiger partial charge on any atom is -0.395 e. The van der Waals surface area contributed by atoms with E-state index < -0.39 is 0 Å². The Bertz CT molecular complexity index is 1280. The van der Waals surface area contributed by atoms with E-state index in [0.717, 1.165) is 29.0 Å². The molecule has 2 aromatic carbocycles. The second-order valence-electron chi connectivity index (χ2n) is 7.11. The van der Waals surface area contributed by atoms with Crippen LogP contribution >= 0.6 is 0 Å². The van der Waals surface area contributed by atoms with Gasteiger partial charge in [-0.3, -0.25) is 4.79 Å². The SMILES string of the molecule is CCN(CCO)c1ccc(/C=N\n2cnc3c(cnn3-c3ccccc3)c2=O)c(C)c1. The van der Waals surface area contributed by atoms with Gasteiger partial charge < -0.3 is 10.0 Å². The summed E-state index contributed by atoms with van der Waals surface area (Å²) < 4.78 is 2.86. The Morgan fingerprint density at radius 1 is 1.19 bits per heavy atom. The lowest BCUT2D eigenvalue weighted by Crippen LogP contribution is -2.26. The summed E-state index contributed by atoms with van der Waals surface area (Å²) in [4.78, 5) is 19.4. The zero-order valence-corrected chi connectivity index (χ0v) is 17.5. The van der Waals surface area contributed by atoms with Crippen LogP contribution in [0.25, 0.3) is 16.7 Å². The molecule has 8 nitrogen and oxygen atoms in total. The highest BCUT2D eigenvalue weighted by Gasteiger charge is 2.11. The van der Waals surface area contributed by atoms with E-state index in [-0.39, 0.29) is 12.2 Å². The second kappa shape index (κ2) is 8.93. The summed E-state index contributed by atoms with van der Waals surface area (Å²) >= 11 is 0. The fraction of sp³-hybridized carbons (Fsp3) is 0.217. The minimum absolute atomic E-state index is 0.106. The molecule has 0 saturated carbocycles. The molecule has 0 radical (unpaired) electrons. The van der Waals surface area contributed by atoms with Gasteiger partial charge in [-0.05, 0) is 49.2 Å². The number of hydrogen-bond donors (Lipinski definition) is 1. The lowest BCUT2D eigenvalue weighted by Gasteiger charge is -2.22. The first-order valence-corrected chi connectivity index (χ1v) is 10.1. The molecule has 0 aliphatic carbocycles. The van der Waals surface area contributed by atoms with Crippen molar-refractivity contribution in [3.8, 4) is 5.69 Å². The topological polar surface area (TPSA) is 88.5 Å². The van der Waals surface area contributed by atoms with Crippen molar-refractivity contribution in [1.29, 1.82) is 0 Å². The van der Waals surface area contributed by atoms with Crippen molar-refractivity contribution in [1.82, 2.24) is 19.4 Å². The van der Waals surface area contributed by atoms with Gasteiger partial charge in [0.1, 0.15) is 11.7 Å². The number of benzene rings is 2. The van der Waals surface area contributed by atoms with Crippen LogP contribution in [0.3, 0.4) is 0 Å². The quantitative estimate of drug-likeness (QED) is 0.468. The Morgan fingerprint density at radius 3 is 2.71 bits per heavy atom. The molecule has 0 atom stereocenters. The average molecular weight is 416 g/mol. The van der Waals surface area contributed by atoms with Crippen LogP contribution in [0.1, 0.15) is 18.1 Å². The van der Waals surface area contributed by atoms with Crippen molar-refractivity contribution < 1.29 is 5.11 Å². The number of hydrogen-bond acceptors (Lipinski definition) is 6. The van der Waals surface area contributed by atoms with Gasteiger partial charge in [0.25, 0.3) is 5.56 Å². The van der Waals surface area contributed by atoms with E-state index in [1.165, 1.54) is 17.2 Å². The molecular weight excluding hydrogens is 392 g/mol. The Hall–Kier alpha value is -3.78. The predicted octanol–water partition coefficient (Wildman–Crippen LogP) is 2.59. The van der Waals surface area contributed by atoms with Crippen LogP contribution in [0.2, 0.25) is 0 Å². The highest BCUT2D eigenvalue weighted by atomic mass is 16.3.